The third kappa shape index (κ3) is 5.46. The highest BCUT2D eigenvalue weighted by Crippen LogP contribution is 2.36. The maximum Gasteiger partial charge on any atom is 0.171 e. The van der Waals surface area contributed by atoms with E-state index in [2.05, 4.69) is 15.3 Å². The summed E-state index contributed by atoms with van der Waals surface area (Å²) >= 11 is 0. The standard InChI is InChI=1S/C26H28FN5O3/c1-4-33-18-12-19(23(27)22(13-18)35-15(2)3)24(31-17-9-7-16(8-10-17)25(28)29)26-30-14-20(32-26)21-6-5-11-34-21/h5-15,24,31H,4H2,1-3H3,(H3,28,29)(H,30,32). The number of rotatable bonds is 10. The Labute approximate surface area is 202 Å². The lowest BCUT2D eigenvalue weighted by atomic mass is 10.0. The van der Waals surface area contributed by atoms with Gasteiger partial charge in [-0.2, -0.15) is 0 Å². The average Bonchev–Trinajstić information content (AvgIpc) is 3.52. The minimum absolute atomic E-state index is 0.0341. The Morgan fingerprint density at radius 3 is 2.63 bits per heavy atom. The van der Waals surface area contributed by atoms with Crippen LogP contribution in [0.5, 0.6) is 11.5 Å². The van der Waals surface area contributed by atoms with E-state index in [-0.39, 0.29) is 17.7 Å². The number of anilines is 1. The van der Waals surface area contributed by atoms with E-state index in [1.165, 1.54) is 0 Å². The Bertz CT molecular complexity index is 1280. The van der Waals surface area contributed by atoms with Crippen molar-refractivity contribution < 1.29 is 18.3 Å². The Morgan fingerprint density at radius 1 is 1.23 bits per heavy atom. The number of nitrogens with zero attached hydrogens (tertiary/aromatic N) is 1. The van der Waals surface area contributed by atoms with Gasteiger partial charge in [0.1, 0.15) is 29.1 Å². The zero-order chi connectivity index (χ0) is 24.9. The van der Waals surface area contributed by atoms with Gasteiger partial charge in [0.2, 0.25) is 0 Å². The molecule has 4 aromatic rings. The number of nitrogens with two attached hydrogens (primary N) is 1. The van der Waals surface area contributed by atoms with Gasteiger partial charge in [0.25, 0.3) is 0 Å². The highest BCUT2D eigenvalue weighted by Gasteiger charge is 2.26. The maximum atomic E-state index is 15.8. The summed E-state index contributed by atoms with van der Waals surface area (Å²) in [4.78, 5) is 7.75. The Kier molecular flexibility index (Phi) is 7.05. The molecule has 1 unspecified atom stereocenters. The number of imidazole rings is 1. The van der Waals surface area contributed by atoms with E-state index in [9.17, 15) is 0 Å². The summed E-state index contributed by atoms with van der Waals surface area (Å²) < 4.78 is 32.7. The molecule has 0 amide bonds. The van der Waals surface area contributed by atoms with Gasteiger partial charge in [-0.1, -0.05) is 0 Å². The predicted molar refractivity (Wildman–Crippen MR) is 133 cm³/mol. The molecule has 2 heterocycles. The Hall–Kier alpha value is -4.27. The molecule has 0 spiro atoms. The second-order valence-corrected chi connectivity index (χ2v) is 8.15. The molecule has 2 aromatic heterocycles. The van der Waals surface area contributed by atoms with Crippen LogP contribution in [0.4, 0.5) is 10.1 Å². The fraction of sp³-hybridized carbons (Fsp3) is 0.231. The van der Waals surface area contributed by atoms with Gasteiger partial charge in [0.05, 0.1) is 25.2 Å². The molecule has 8 nitrogen and oxygen atoms in total. The first-order chi connectivity index (χ1) is 16.9. The van der Waals surface area contributed by atoms with Crippen molar-refractivity contribution in [2.45, 2.75) is 32.9 Å². The van der Waals surface area contributed by atoms with Gasteiger partial charge < -0.3 is 29.9 Å². The largest absolute Gasteiger partial charge is 0.494 e. The minimum atomic E-state index is -0.725. The van der Waals surface area contributed by atoms with Crippen LogP contribution in [0.3, 0.4) is 0 Å². The van der Waals surface area contributed by atoms with Crippen molar-refractivity contribution in [1.82, 2.24) is 9.97 Å². The first-order valence-corrected chi connectivity index (χ1v) is 11.3. The lowest BCUT2D eigenvalue weighted by Gasteiger charge is -2.22. The van der Waals surface area contributed by atoms with Gasteiger partial charge in [0.15, 0.2) is 17.3 Å². The molecule has 35 heavy (non-hydrogen) atoms. The van der Waals surface area contributed by atoms with Crippen molar-refractivity contribution >= 4 is 11.5 Å². The second-order valence-electron chi connectivity index (χ2n) is 8.15. The molecule has 0 bridgehead atoms. The highest BCUT2D eigenvalue weighted by molar-refractivity contribution is 5.95. The SMILES string of the molecule is CCOc1cc(OC(C)C)c(F)c(C(Nc2ccc(C(=N)N)cc2)c2ncc(-c3ccco3)[nH]2)c1. The summed E-state index contributed by atoms with van der Waals surface area (Å²) in [5, 5.41) is 11.0. The van der Waals surface area contributed by atoms with Crippen LogP contribution in [-0.2, 0) is 0 Å². The molecule has 2 aromatic carbocycles. The fourth-order valence-electron chi connectivity index (χ4n) is 3.64. The highest BCUT2D eigenvalue weighted by atomic mass is 19.1. The second kappa shape index (κ2) is 10.3. The topological polar surface area (TPSA) is 122 Å². The van der Waals surface area contributed by atoms with E-state index >= 15 is 4.39 Å². The smallest absolute Gasteiger partial charge is 0.171 e. The van der Waals surface area contributed by atoms with E-state index in [1.807, 2.05) is 26.8 Å². The lowest BCUT2D eigenvalue weighted by Crippen LogP contribution is -2.18. The Balaban J connectivity index is 1.80. The van der Waals surface area contributed by atoms with Crippen LogP contribution in [0.15, 0.2) is 65.4 Å². The number of halogens is 1. The van der Waals surface area contributed by atoms with E-state index in [1.54, 1.807) is 54.9 Å². The van der Waals surface area contributed by atoms with Crippen molar-refractivity contribution in [2.75, 3.05) is 11.9 Å². The maximum absolute atomic E-state index is 15.8. The summed E-state index contributed by atoms with van der Waals surface area (Å²) in [5.41, 5.74) is 7.80. The average molecular weight is 478 g/mol. The summed E-state index contributed by atoms with van der Waals surface area (Å²) in [6.45, 7) is 5.95. The first kappa shape index (κ1) is 23.9. The molecular formula is C26H28FN5O3. The van der Waals surface area contributed by atoms with Crippen LogP contribution < -0.4 is 20.5 Å². The quantitative estimate of drug-likeness (QED) is 0.177. The van der Waals surface area contributed by atoms with Crippen molar-refractivity contribution in [1.29, 1.82) is 5.41 Å². The number of hydrogen-bond acceptors (Lipinski definition) is 6. The molecule has 5 N–H and O–H groups in total. The fourth-order valence-corrected chi connectivity index (χ4v) is 3.64. The van der Waals surface area contributed by atoms with Gasteiger partial charge in [-0.15, -0.1) is 0 Å². The van der Waals surface area contributed by atoms with Crippen molar-refractivity contribution in [2.24, 2.45) is 5.73 Å². The number of nitrogens with one attached hydrogen (secondary N) is 3. The van der Waals surface area contributed by atoms with Gasteiger partial charge >= 0.3 is 0 Å². The molecule has 0 saturated heterocycles. The number of H-pyrrole nitrogens is 1. The molecule has 0 radical (unpaired) electrons. The third-order valence-corrected chi connectivity index (χ3v) is 5.19. The van der Waals surface area contributed by atoms with Crippen LogP contribution in [0.2, 0.25) is 0 Å². The molecule has 4 rings (SSSR count). The van der Waals surface area contributed by atoms with Gasteiger partial charge in [-0.3, -0.25) is 5.41 Å². The predicted octanol–water partition coefficient (Wildman–Crippen LogP) is 5.48. The zero-order valence-electron chi connectivity index (χ0n) is 19.8. The van der Waals surface area contributed by atoms with Crippen LogP contribution in [0.1, 0.15) is 43.8 Å². The van der Waals surface area contributed by atoms with Crippen LogP contribution in [0, 0.1) is 11.2 Å². The summed E-state index contributed by atoms with van der Waals surface area (Å²) in [6.07, 6.45) is 2.98. The van der Waals surface area contributed by atoms with Crippen molar-refractivity contribution in [3.63, 3.8) is 0 Å². The van der Waals surface area contributed by atoms with Crippen molar-refractivity contribution in [3.8, 4) is 23.0 Å². The first-order valence-electron chi connectivity index (χ1n) is 11.3. The molecule has 9 heteroatoms. The number of furan rings is 1. The normalized spacial score (nSPS) is 11.9. The number of nitrogen functional groups attached to an aromatic ring is 1. The van der Waals surface area contributed by atoms with Crippen LogP contribution >= 0.6 is 0 Å². The zero-order valence-corrected chi connectivity index (χ0v) is 19.8. The van der Waals surface area contributed by atoms with Crippen molar-refractivity contribution in [3.05, 3.63) is 83.8 Å². The summed E-state index contributed by atoms with van der Waals surface area (Å²) in [7, 11) is 0. The third-order valence-electron chi connectivity index (χ3n) is 5.19. The monoisotopic (exact) mass is 477 g/mol. The van der Waals surface area contributed by atoms with Crippen LogP contribution in [-0.4, -0.2) is 28.5 Å². The molecule has 0 fully saturated rings. The van der Waals surface area contributed by atoms with Crippen LogP contribution in [0.25, 0.3) is 11.5 Å². The number of ether oxygens (including phenoxy) is 2. The number of aromatic amines is 1. The number of benzene rings is 2. The van der Waals surface area contributed by atoms with Gasteiger partial charge in [0, 0.05) is 22.9 Å². The number of hydrogen-bond donors (Lipinski definition) is 4. The molecule has 0 aliphatic heterocycles. The van der Waals surface area contributed by atoms with E-state index in [0.717, 1.165) is 0 Å². The lowest BCUT2D eigenvalue weighted by molar-refractivity contribution is 0.228. The molecule has 0 aliphatic carbocycles. The Morgan fingerprint density at radius 2 is 2.00 bits per heavy atom. The van der Waals surface area contributed by atoms with Gasteiger partial charge in [-0.25, -0.2) is 9.37 Å². The van der Waals surface area contributed by atoms with E-state index in [4.69, 9.17) is 25.0 Å². The minimum Gasteiger partial charge on any atom is -0.494 e. The summed E-state index contributed by atoms with van der Waals surface area (Å²) in [6, 6.07) is 13.0. The number of aromatic nitrogens is 2. The molecule has 182 valence electrons. The van der Waals surface area contributed by atoms with E-state index in [0.29, 0.717) is 46.4 Å². The number of amidine groups is 1. The molecule has 0 saturated carbocycles. The molecular weight excluding hydrogens is 449 g/mol. The van der Waals surface area contributed by atoms with E-state index < -0.39 is 11.9 Å². The van der Waals surface area contributed by atoms with Gasteiger partial charge in [-0.05, 0) is 63.2 Å². The molecule has 0 aliphatic rings. The molecule has 1 atom stereocenters. The summed E-state index contributed by atoms with van der Waals surface area (Å²) in [5.74, 6) is 1.11.